The topological polar surface area (TPSA) is 43.4 Å². The van der Waals surface area contributed by atoms with Crippen molar-refractivity contribution in [2.24, 2.45) is 0 Å². The minimum atomic E-state index is -0.245. The van der Waals surface area contributed by atoms with E-state index in [0.717, 1.165) is 19.3 Å². The molecular formula is C9H12O3. The lowest BCUT2D eigenvalue weighted by molar-refractivity contribution is -0.152. The molecular weight excluding hydrogens is 156 g/mol. The standard InChI is InChI=1S/C9H12O3/c10-7-1-4-9(5-2-7)6-3-8(11)12-9/h1-6H2. The maximum absolute atomic E-state index is 10.9. The lowest BCUT2D eigenvalue weighted by atomic mass is 9.82. The van der Waals surface area contributed by atoms with Crippen LogP contribution in [0.25, 0.3) is 0 Å². The van der Waals surface area contributed by atoms with Crippen molar-refractivity contribution in [1.29, 1.82) is 0 Å². The van der Waals surface area contributed by atoms with Crippen LogP contribution < -0.4 is 0 Å². The Labute approximate surface area is 71.1 Å². The summed E-state index contributed by atoms with van der Waals surface area (Å²) < 4.78 is 5.25. The SMILES string of the molecule is O=C1CCC2(CC1)CCC(=O)O2. The number of rotatable bonds is 0. The zero-order chi connectivity index (χ0) is 8.60. The first-order chi connectivity index (χ1) is 5.70. The highest BCUT2D eigenvalue weighted by Crippen LogP contribution is 2.38. The van der Waals surface area contributed by atoms with Crippen LogP contribution in [0, 0.1) is 0 Å². The second-order valence-corrected chi connectivity index (χ2v) is 3.70. The summed E-state index contributed by atoms with van der Waals surface area (Å²) in [6.45, 7) is 0. The highest BCUT2D eigenvalue weighted by molar-refractivity contribution is 5.80. The summed E-state index contributed by atoms with van der Waals surface area (Å²) in [7, 11) is 0. The molecule has 0 aromatic rings. The molecule has 12 heavy (non-hydrogen) atoms. The third-order valence-electron chi connectivity index (χ3n) is 2.83. The van der Waals surface area contributed by atoms with Gasteiger partial charge in [-0.2, -0.15) is 0 Å². The number of Topliss-reactive ketones (excluding diaryl/α,β-unsaturated/α-hetero) is 1. The average molecular weight is 168 g/mol. The van der Waals surface area contributed by atoms with Gasteiger partial charge < -0.3 is 4.74 Å². The molecule has 1 saturated heterocycles. The van der Waals surface area contributed by atoms with Crippen LogP contribution in [0.4, 0.5) is 0 Å². The smallest absolute Gasteiger partial charge is 0.306 e. The largest absolute Gasteiger partial charge is 0.459 e. The number of ketones is 1. The number of ether oxygens (including phenoxy) is 1. The van der Waals surface area contributed by atoms with Gasteiger partial charge in [-0.3, -0.25) is 9.59 Å². The number of carbonyl (C=O) groups excluding carboxylic acids is 2. The molecule has 1 aliphatic carbocycles. The van der Waals surface area contributed by atoms with E-state index in [2.05, 4.69) is 0 Å². The maximum Gasteiger partial charge on any atom is 0.306 e. The highest BCUT2D eigenvalue weighted by atomic mass is 16.6. The van der Waals surface area contributed by atoms with Crippen molar-refractivity contribution < 1.29 is 14.3 Å². The van der Waals surface area contributed by atoms with E-state index < -0.39 is 0 Å². The van der Waals surface area contributed by atoms with Gasteiger partial charge in [0, 0.05) is 19.3 Å². The van der Waals surface area contributed by atoms with Crippen molar-refractivity contribution in [3.05, 3.63) is 0 Å². The van der Waals surface area contributed by atoms with Crippen LogP contribution in [0.2, 0.25) is 0 Å². The third-order valence-corrected chi connectivity index (χ3v) is 2.83. The van der Waals surface area contributed by atoms with E-state index in [1.807, 2.05) is 0 Å². The molecule has 3 nitrogen and oxygen atoms in total. The fourth-order valence-electron chi connectivity index (χ4n) is 2.01. The molecule has 1 heterocycles. The van der Waals surface area contributed by atoms with Crippen LogP contribution in [0.3, 0.4) is 0 Å². The van der Waals surface area contributed by atoms with Gasteiger partial charge in [-0.25, -0.2) is 0 Å². The molecule has 0 radical (unpaired) electrons. The van der Waals surface area contributed by atoms with Crippen LogP contribution >= 0.6 is 0 Å². The normalized spacial score (nSPS) is 27.7. The van der Waals surface area contributed by atoms with Crippen molar-refractivity contribution in [3.63, 3.8) is 0 Å². The highest BCUT2D eigenvalue weighted by Gasteiger charge is 2.42. The molecule has 2 rings (SSSR count). The predicted octanol–water partition coefficient (Wildman–Crippen LogP) is 1.21. The van der Waals surface area contributed by atoms with Gasteiger partial charge in [0.15, 0.2) is 0 Å². The van der Waals surface area contributed by atoms with E-state index in [1.165, 1.54) is 0 Å². The van der Waals surface area contributed by atoms with Gasteiger partial charge in [0.05, 0.1) is 0 Å². The van der Waals surface area contributed by atoms with E-state index in [9.17, 15) is 9.59 Å². The van der Waals surface area contributed by atoms with Crippen LogP contribution in [0.1, 0.15) is 38.5 Å². The fraction of sp³-hybridized carbons (Fsp3) is 0.778. The molecule has 0 atom stereocenters. The Hall–Kier alpha value is -0.860. The van der Waals surface area contributed by atoms with Gasteiger partial charge in [-0.05, 0) is 19.3 Å². The quantitative estimate of drug-likeness (QED) is 0.510. The molecule has 3 heteroatoms. The molecule has 0 amide bonds. The summed E-state index contributed by atoms with van der Waals surface area (Å²) in [5, 5.41) is 0. The van der Waals surface area contributed by atoms with Crippen molar-refractivity contribution in [2.45, 2.75) is 44.1 Å². The first-order valence-corrected chi connectivity index (χ1v) is 4.44. The van der Waals surface area contributed by atoms with Crippen LogP contribution in [-0.4, -0.2) is 17.4 Å². The molecule has 1 saturated carbocycles. The van der Waals surface area contributed by atoms with Gasteiger partial charge in [0.25, 0.3) is 0 Å². The lowest BCUT2D eigenvalue weighted by Crippen LogP contribution is -2.33. The molecule has 1 spiro atoms. The van der Waals surface area contributed by atoms with E-state index in [1.54, 1.807) is 0 Å². The predicted molar refractivity (Wildman–Crippen MR) is 41.5 cm³/mol. The summed E-state index contributed by atoms with van der Waals surface area (Å²) >= 11 is 0. The minimum absolute atomic E-state index is 0.0932. The van der Waals surface area contributed by atoms with Gasteiger partial charge in [-0.1, -0.05) is 0 Å². The van der Waals surface area contributed by atoms with Gasteiger partial charge in [0.2, 0.25) is 0 Å². The Bertz CT molecular complexity index is 222. The first-order valence-electron chi connectivity index (χ1n) is 4.44. The second-order valence-electron chi connectivity index (χ2n) is 3.70. The molecule has 0 bridgehead atoms. The molecule has 0 aromatic carbocycles. The van der Waals surface area contributed by atoms with Crippen molar-refractivity contribution in [3.8, 4) is 0 Å². The van der Waals surface area contributed by atoms with E-state index in [4.69, 9.17) is 4.74 Å². The minimum Gasteiger partial charge on any atom is -0.459 e. The van der Waals surface area contributed by atoms with Crippen LogP contribution in [-0.2, 0) is 14.3 Å². The molecule has 2 fully saturated rings. The van der Waals surface area contributed by atoms with Crippen molar-refractivity contribution in [1.82, 2.24) is 0 Å². The van der Waals surface area contributed by atoms with Gasteiger partial charge in [0.1, 0.15) is 11.4 Å². The zero-order valence-electron chi connectivity index (χ0n) is 6.97. The molecule has 66 valence electrons. The molecule has 1 aliphatic heterocycles. The lowest BCUT2D eigenvalue weighted by Gasteiger charge is -2.30. The summed E-state index contributed by atoms with van der Waals surface area (Å²) in [5.74, 6) is 0.216. The Morgan fingerprint density at radius 3 is 2.08 bits per heavy atom. The number of esters is 1. The number of carbonyl (C=O) groups is 2. The summed E-state index contributed by atoms with van der Waals surface area (Å²) in [6, 6.07) is 0. The van der Waals surface area contributed by atoms with Crippen LogP contribution in [0.5, 0.6) is 0 Å². The molecule has 2 aliphatic rings. The maximum atomic E-state index is 10.9. The summed E-state index contributed by atoms with van der Waals surface area (Å²) in [6.07, 6.45) is 4.03. The second kappa shape index (κ2) is 2.57. The third kappa shape index (κ3) is 1.24. The Balaban J connectivity index is 2.04. The first kappa shape index (κ1) is 7.77. The van der Waals surface area contributed by atoms with Crippen LogP contribution in [0.15, 0.2) is 0 Å². The Morgan fingerprint density at radius 2 is 1.58 bits per heavy atom. The molecule has 0 aromatic heterocycles. The van der Waals surface area contributed by atoms with Crippen molar-refractivity contribution in [2.75, 3.05) is 0 Å². The fourth-order valence-corrected chi connectivity index (χ4v) is 2.01. The van der Waals surface area contributed by atoms with Crippen molar-refractivity contribution >= 4 is 11.8 Å². The number of hydrogen-bond acceptors (Lipinski definition) is 3. The van der Waals surface area contributed by atoms with E-state index in [0.29, 0.717) is 25.0 Å². The number of hydrogen-bond donors (Lipinski definition) is 0. The Kier molecular flexibility index (Phi) is 1.67. The van der Waals surface area contributed by atoms with Gasteiger partial charge >= 0.3 is 5.97 Å². The van der Waals surface area contributed by atoms with E-state index >= 15 is 0 Å². The molecule has 0 N–H and O–H groups in total. The summed E-state index contributed by atoms with van der Waals surface area (Å²) in [5.41, 5.74) is -0.245. The van der Waals surface area contributed by atoms with E-state index in [-0.39, 0.29) is 11.6 Å². The molecule has 0 unspecified atom stereocenters. The van der Waals surface area contributed by atoms with Gasteiger partial charge in [-0.15, -0.1) is 0 Å². The zero-order valence-corrected chi connectivity index (χ0v) is 6.97. The summed E-state index contributed by atoms with van der Waals surface area (Å²) in [4.78, 5) is 21.8. The Morgan fingerprint density at radius 1 is 1.00 bits per heavy atom. The average Bonchev–Trinajstić information content (AvgIpc) is 2.40. The monoisotopic (exact) mass is 168 g/mol.